The van der Waals surface area contributed by atoms with Crippen molar-refractivity contribution >= 4 is 11.8 Å². The van der Waals surface area contributed by atoms with E-state index in [2.05, 4.69) is 42.6 Å². The molecule has 2 atom stereocenters. The van der Waals surface area contributed by atoms with E-state index in [4.69, 9.17) is 0 Å². The number of nitriles is 1. The van der Waals surface area contributed by atoms with Gasteiger partial charge in [-0.2, -0.15) is 5.26 Å². The zero-order valence-electron chi connectivity index (χ0n) is 11.4. The van der Waals surface area contributed by atoms with Gasteiger partial charge in [0.25, 0.3) is 0 Å². The fourth-order valence-electron chi connectivity index (χ4n) is 2.85. The Balaban J connectivity index is 1.65. The second-order valence-corrected chi connectivity index (χ2v) is 7.20. The molecule has 2 nitrogen and oxygen atoms in total. The fourth-order valence-corrected chi connectivity index (χ4v) is 4.23. The number of hydrogen-bond acceptors (Lipinski definition) is 3. The minimum Gasteiger partial charge on any atom is -0.297 e. The summed E-state index contributed by atoms with van der Waals surface area (Å²) in [5.41, 5.74) is 1.10. The highest BCUT2D eigenvalue weighted by atomic mass is 32.2. The molecule has 0 aromatic heterocycles. The van der Waals surface area contributed by atoms with Gasteiger partial charge in [-0.3, -0.25) is 5.32 Å². The van der Waals surface area contributed by atoms with Crippen molar-refractivity contribution in [1.29, 1.82) is 5.26 Å². The Kier molecular flexibility index (Phi) is 3.56. The van der Waals surface area contributed by atoms with Gasteiger partial charge in [-0.1, -0.05) is 18.2 Å². The van der Waals surface area contributed by atoms with Gasteiger partial charge in [0.1, 0.15) is 5.54 Å². The molecule has 0 bridgehead atoms. The van der Waals surface area contributed by atoms with Crippen molar-refractivity contribution in [3.63, 3.8) is 0 Å². The summed E-state index contributed by atoms with van der Waals surface area (Å²) in [5, 5.41) is 13.7. The van der Waals surface area contributed by atoms with Gasteiger partial charge in [-0.15, -0.1) is 11.8 Å². The number of hydrogen-bond donors (Lipinski definition) is 1. The molecule has 1 aromatic carbocycles. The number of aryl methyl sites for hydroxylation is 1. The molecular weight excluding hydrogens is 252 g/mol. The molecule has 0 amide bonds. The Labute approximate surface area is 119 Å². The van der Waals surface area contributed by atoms with Gasteiger partial charge >= 0.3 is 0 Å². The molecule has 19 heavy (non-hydrogen) atoms. The molecule has 3 heteroatoms. The molecule has 1 aromatic rings. The zero-order valence-corrected chi connectivity index (χ0v) is 12.2. The van der Waals surface area contributed by atoms with Gasteiger partial charge in [-0.05, 0) is 50.7 Å². The van der Waals surface area contributed by atoms with Crippen molar-refractivity contribution in [3.8, 4) is 6.07 Å². The van der Waals surface area contributed by atoms with Crippen molar-refractivity contribution in [2.45, 2.75) is 60.8 Å². The number of nitrogens with zero attached hydrogens (tertiary/aromatic N) is 1. The van der Waals surface area contributed by atoms with Crippen LogP contribution in [0, 0.1) is 18.3 Å². The van der Waals surface area contributed by atoms with Crippen molar-refractivity contribution in [2.24, 2.45) is 0 Å². The van der Waals surface area contributed by atoms with Crippen LogP contribution >= 0.6 is 11.8 Å². The van der Waals surface area contributed by atoms with E-state index in [-0.39, 0.29) is 5.54 Å². The third-order valence-electron chi connectivity index (χ3n) is 4.13. The lowest BCUT2D eigenvalue weighted by molar-refractivity contribution is 0.420. The number of benzene rings is 1. The molecule has 0 spiro atoms. The van der Waals surface area contributed by atoms with E-state index in [0.717, 1.165) is 19.3 Å². The van der Waals surface area contributed by atoms with E-state index in [1.165, 1.54) is 23.3 Å². The second-order valence-electron chi connectivity index (χ2n) is 5.86. The molecular formula is C16H20N2S. The predicted molar refractivity (Wildman–Crippen MR) is 79.2 cm³/mol. The summed E-state index contributed by atoms with van der Waals surface area (Å²) in [5.74, 6) is 0. The molecule has 0 saturated heterocycles. The number of rotatable bonds is 4. The molecule has 100 valence electrons. The molecule has 2 fully saturated rings. The Morgan fingerprint density at radius 3 is 2.79 bits per heavy atom. The van der Waals surface area contributed by atoms with E-state index in [0.29, 0.717) is 11.3 Å². The van der Waals surface area contributed by atoms with Crippen molar-refractivity contribution in [1.82, 2.24) is 5.32 Å². The molecule has 2 aliphatic carbocycles. The lowest BCUT2D eigenvalue weighted by atomic mass is 10.00. The van der Waals surface area contributed by atoms with Crippen LogP contribution in [0.5, 0.6) is 0 Å². The Morgan fingerprint density at radius 2 is 2.11 bits per heavy atom. The second kappa shape index (κ2) is 5.19. The Bertz CT molecular complexity index is 504. The topological polar surface area (TPSA) is 35.8 Å². The van der Waals surface area contributed by atoms with Crippen molar-refractivity contribution in [2.75, 3.05) is 0 Å². The summed E-state index contributed by atoms with van der Waals surface area (Å²) < 4.78 is 0. The zero-order chi connectivity index (χ0) is 13.3. The fraction of sp³-hybridized carbons (Fsp3) is 0.562. The lowest BCUT2D eigenvalue weighted by Crippen LogP contribution is -2.43. The van der Waals surface area contributed by atoms with Gasteiger partial charge < -0.3 is 0 Å². The average Bonchev–Trinajstić information content (AvgIpc) is 3.13. The van der Waals surface area contributed by atoms with Crippen LogP contribution in [-0.4, -0.2) is 16.8 Å². The van der Waals surface area contributed by atoms with Crippen LogP contribution in [0.3, 0.4) is 0 Å². The molecule has 3 rings (SSSR count). The summed E-state index contributed by atoms with van der Waals surface area (Å²) in [7, 11) is 0. The third kappa shape index (κ3) is 2.96. The maximum atomic E-state index is 9.51. The first-order chi connectivity index (χ1) is 9.21. The maximum absolute atomic E-state index is 9.51. The monoisotopic (exact) mass is 272 g/mol. The van der Waals surface area contributed by atoms with Gasteiger partial charge in [0.2, 0.25) is 0 Å². The molecule has 0 aliphatic heterocycles. The van der Waals surface area contributed by atoms with E-state index in [9.17, 15) is 5.26 Å². The van der Waals surface area contributed by atoms with E-state index >= 15 is 0 Å². The summed E-state index contributed by atoms with van der Waals surface area (Å²) in [6.07, 6.45) is 5.63. The number of nitrogens with one attached hydrogen (secondary N) is 1. The molecule has 1 N–H and O–H groups in total. The number of thioether (sulfide) groups is 1. The summed E-state index contributed by atoms with van der Waals surface area (Å²) >= 11 is 1.95. The highest BCUT2D eigenvalue weighted by Gasteiger charge is 2.43. The van der Waals surface area contributed by atoms with Crippen molar-refractivity contribution < 1.29 is 0 Å². The third-order valence-corrected chi connectivity index (χ3v) is 5.58. The highest BCUT2D eigenvalue weighted by Crippen LogP contribution is 2.42. The predicted octanol–water partition coefficient (Wildman–Crippen LogP) is 3.65. The quantitative estimate of drug-likeness (QED) is 0.908. The lowest BCUT2D eigenvalue weighted by Gasteiger charge is -2.22. The molecule has 2 aliphatic rings. The van der Waals surface area contributed by atoms with Gasteiger partial charge in [0.05, 0.1) is 6.07 Å². The maximum Gasteiger partial charge on any atom is 0.108 e. The minimum atomic E-state index is -0.248. The largest absolute Gasteiger partial charge is 0.297 e. The molecule has 2 unspecified atom stereocenters. The smallest absolute Gasteiger partial charge is 0.108 e. The van der Waals surface area contributed by atoms with Crippen LogP contribution in [0.4, 0.5) is 0 Å². The normalized spacial score (nSPS) is 30.2. The first-order valence-electron chi connectivity index (χ1n) is 7.12. The van der Waals surface area contributed by atoms with Gasteiger partial charge in [0, 0.05) is 16.2 Å². The Morgan fingerprint density at radius 1 is 1.32 bits per heavy atom. The van der Waals surface area contributed by atoms with Crippen LogP contribution in [-0.2, 0) is 0 Å². The van der Waals surface area contributed by atoms with Crippen LogP contribution in [0.15, 0.2) is 29.2 Å². The van der Waals surface area contributed by atoms with E-state index < -0.39 is 0 Å². The minimum absolute atomic E-state index is 0.248. The average molecular weight is 272 g/mol. The van der Waals surface area contributed by atoms with Crippen LogP contribution in [0.2, 0.25) is 0 Å². The van der Waals surface area contributed by atoms with Crippen LogP contribution < -0.4 is 5.32 Å². The molecule has 2 saturated carbocycles. The standard InChI is InChI=1S/C16H20N2S/c1-12-4-2-3-5-15(12)19-14-8-9-16(10-14,11-17)18-13-6-7-13/h2-5,13-14,18H,6-10H2,1H3. The highest BCUT2D eigenvalue weighted by molar-refractivity contribution is 8.00. The van der Waals surface area contributed by atoms with E-state index in [1.807, 2.05) is 11.8 Å². The first-order valence-corrected chi connectivity index (χ1v) is 8.00. The van der Waals surface area contributed by atoms with Crippen LogP contribution in [0.1, 0.15) is 37.7 Å². The first kappa shape index (κ1) is 13.0. The summed E-state index contributed by atoms with van der Waals surface area (Å²) in [4.78, 5) is 1.37. The van der Waals surface area contributed by atoms with E-state index in [1.54, 1.807) is 0 Å². The van der Waals surface area contributed by atoms with Crippen LogP contribution in [0.25, 0.3) is 0 Å². The van der Waals surface area contributed by atoms with Crippen molar-refractivity contribution in [3.05, 3.63) is 29.8 Å². The summed E-state index contributed by atoms with van der Waals surface area (Å²) in [6, 6.07) is 11.7. The summed E-state index contributed by atoms with van der Waals surface area (Å²) in [6.45, 7) is 2.16. The van der Waals surface area contributed by atoms with Gasteiger partial charge in [0.15, 0.2) is 0 Å². The SMILES string of the molecule is Cc1ccccc1SC1CCC(C#N)(NC2CC2)C1. The molecule has 0 heterocycles. The Hall–Kier alpha value is -0.980. The molecule has 0 radical (unpaired) electrons. The van der Waals surface area contributed by atoms with Gasteiger partial charge in [-0.25, -0.2) is 0 Å².